The second-order valence-electron chi connectivity index (χ2n) is 9.90. The number of hydrogen-bond donors (Lipinski definition) is 1. The Kier molecular flexibility index (Phi) is 31.9. The summed E-state index contributed by atoms with van der Waals surface area (Å²) in [5.41, 5.74) is 5.87. The van der Waals surface area contributed by atoms with Gasteiger partial charge in [-0.15, -0.1) is 0 Å². The van der Waals surface area contributed by atoms with Gasteiger partial charge in [0.25, 0.3) is 0 Å². The summed E-state index contributed by atoms with van der Waals surface area (Å²) in [7, 11) is 0. The predicted octanol–water partition coefficient (Wildman–Crippen LogP) is 5.14. The van der Waals surface area contributed by atoms with Crippen molar-refractivity contribution in [3.63, 3.8) is 0 Å². The van der Waals surface area contributed by atoms with Crippen molar-refractivity contribution in [3.05, 3.63) is 0 Å². The number of nitrogens with two attached hydrogens (primary N) is 1. The summed E-state index contributed by atoms with van der Waals surface area (Å²) in [5, 5.41) is 0. The second-order valence-corrected chi connectivity index (χ2v) is 9.90. The monoisotopic (exact) mass is 507 g/mol. The van der Waals surface area contributed by atoms with Gasteiger partial charge in [0.2, 0.25) is 0 Å². The SMILES string of the molecule is CCCCCCCCCCCCOC(=O)CC[C@H](N)C(=O)OCCCCCCCCCCCC.[H-].[Na+]. The van der Waals surface area contributed by atoms with Crippen molar-refractivity contribution in [1.82, 2.24) is 0 Å². The number of carbonyl (C=O) groups excluding carboxylic acids is 2. The molecule has 35 heavy (non-hydrogen) atoms. The fourth-order valence-electron chi connectivity index (χ4n) is 4.11. The molecule has 0 saturated heterocycles. The average Bonchev–Trinajstić information content (AvgIpc) is 2.84. The van der Waals surface area contributed by atoms with Crippen LogP contribution in [0, 0.1) is 0 Å². The molecule has 0 unspecified atom stereocenters. The van der Waals surface area contributed by atoms with Crippen LogP contribution < -0.4 is 35.3 Å². The minimum absolute atomic E-state index is 0. The molecule has 0 aromatic heterocycles. The Hall–Kier alpha value is -0.100. The number of rotatable bonds is 26. The molecule has 204 valence electrons. The third-order valence-electron chi connectivity index (χ3n) is 6.47. The molecule has 0 aliphatic carbocycles. The zero-order chi connectivity index (χ0) is 25.1. The minimum atomic E-state index is -0.743. The first kappa shape index (κ1) is 37.1. The van der Waals surface area contributed by atoms with Crippen LogP contribution in [0.5, 0.6) is 0 Å². The fourth-order valence-corrected chi connectivity index (χ4v) is 4.11. The van der Waals surface area contributed by atoms with Crippen LogP contribution in [0.3, 0.4) is 0 Å². The molecule has 0 radical (unpaired) electrons. The molecule has 0 aliphatic heterocycles. The Morgan fingerprint density at radius 3 is 1.34 bits per heavy atom. The number of hydrogen-bond acceptors (Lipinski definition) is 5. The van der Waals surface area contributed by atoms with Crippen molar-refractivity contribution in [2.45, 2.75) is 161 Å². The van der Waals surface area contributed by atoms with Crippen LogP contribution in [0.4, 0.5) is 0 Å². The average molecular weight is 508 g/mol. The van der Waals surface area contributed by atoms with E-state index in [-0.39, 0.29) is 49.8 Å². The maximum atomic E-state index is 12.0. The van der Waals surface area contributed by atoms with E-state index in [1.807, 2.05) is 0 Å². The van der Waals surface area contributed by atoms with E-state index in [9.17, 15) is 9.59 Å². The maximum Gasteiger partial charge on any atom is 1.00 e. The number of unbranched alkanes of at least 4 members (excludes halogenated alkanes) is 18. The maximum absolute atomic E-state index is 12.0. The summed E-state index contributed by atoms with van der Waals surface area (Å²) in [4.78, 5) is 23.8. The van der Waals surface area contributed by atoms with Gasteiger partial charge in [-0.25, -0.2) is 0 Å². The van der Waals surface area contributed by atoms with Crippen molar-refractivity contribution >= 4 is 11.9 Å². The molecular weight excluding hydrogens is 449 g/mol. The molecule has 0 aliphatic rings. The molecule has 1 atom stereocenters. The molecule has 0 amide bonds. The van der Waals surface area contributed by atoms with Crippen molar-refractivity contribution < 1.29 is 50.0 Å². The van der Waals surface area contributed by atoms with Crippen LogP contribution in [0.15, 0.2) is 0 Å². The van der Waals surface area contributed by atoms with Gasteiger partial charge in [-0.2, -0.15) is 0 Å². The van der Waals surface area contributed by atoms with E-state index < -0.39 is 12.0 Å². The standard InChI is InChI=1S/C29H57NO4.Na.H/c1-3-5-7-9-11-13-15-17-19-21-25-33-28(31)24-23-27(30)29(32)34-26-22-20-18-16-14-12-10-8-6-4-2;;/h27H,3-26,30H2,1-2H3;;/q;+1;-1/t27-;;/m0../s1. The molecule has 2 N–H and O–H groups in total. The van der Waals surface area contributed by atoms with E-state index in [2.05, 4.69) is 13.8 Å². The summed E-state index contributed by atoms with van der Waals surface area (Å²) in [6.07, 6.45) is 25.5. The summed E-state index contributed by atoms with van der Waals surface area (Å²) >= 11 is 0. The molecular formula is C29H58NNaO4. The largest absolute Gasteiger partial charge is 1.00 e. The van der Waals surface area contributed by atoms with Gasteiger partial charge in [0.1, 0.15) is 6.04 Å². The third-order valence-corrected chi connectivity index (χ3v) is 6.47. The Morgan fingerprint density at radius 1 is 0.600 bits per heavy atom. The number of carbonyl (C=O) groups is 2. The van der Waals surface area contributed by atoms with E-state index in [0.29, 0.717) is 13.2 Å². The second kappa shape index (κ2) is 30.1. The van der Waals surface area contributed by atoms with E-state index >= 15 is 0 Å². The quantitative estimate of drug-likeness (QED) is 0.0996. The van der Waals surface area contributed by atoms with Gasteiger partial charge in [-0.05, 0) is 19.3 Å². The summed E-state index contributed by atoms with van der Waals surface area (Å²) in [6.45, 7) is 5.38. The third kappa shape index (κ3) is 28.3. The smallest absolute Gasteiger partial charge is 1.00 e. The van der Waals surface area contributed by atoms with Crippen molar-refractivity contribution in [2.24, 2.45) is 5.73 Å². The van der Waals surface area contributed by atoms with E-state index in [4.69, 9.17) is 15.2 Å². The van der Waals surface area contributed by atoms with E-state index in [1.165, 1.54) is 103 Å². The summed E-state index contributed by atoms with van der Waals surface area (Å²) in [5.74, 6) is -0.674. The van der Waals surface area contributed by atoms with Gasteiger partial charge >= 0.3 is 41.5 Å². The first-order valence-corrected chi connectivity index (χ1v) is 14.7. The van der Waals surface area contributed by atoms with E-state index in [0.717, 1.165) is 25.7 Å². The Bertz CT molecular complexity index is 469. The summed E-state index contributed by atoms with van der Waals surface area (Å²) in [6, 6.07) is -0.743. The molecule has 5 nitrogen and oxygen atoms in total. The Morgan fingerprint density at radius 2 is 0.943 bits per heavy atom. The summed E-state index contributed by atoms with van der Waals surface area (Å²) < 4.78 is 10.5. The normalized spacial score (nSPS) is 11.6. The van der Waals surface area contributed by atoms with Crippen LogP contribution >= 0.6 is 0 Å². The van der Waals surface area contributed by atoms with Gasteiger partial charge in [0, 0.05) is 6.42 Å². The first-order chi connectivity index (χ1) is 16.6. The van der Waals surface area contributed by atoms with Crippen LogP contribution in [-0.2, 0) is 19.1 Å². The number of ether oxygens (including phenoxy) is 2. The van der Waals surface area contributed by atoms with Crippen molar-refractivity contribution in [2.75, 3.05) is 13.2 Å². The molecule has 0 aromatic rings. The Labute approximate surface area is 241 Å². The molecule has 0 rings (SSSR count). The Balaban J connectivity index is -0.00000544. The van der Waals surface area contributed by atoms with Gasteiger partial charge in [0.05, 0.1) is 13.2 Å². The van der Waals surface area contributed by atoms with Crippen molar-refractivity contribution in [1.29, 1.82) is 0 Å². The molecule has 0 saturated carbocycles. The molecule has 0 bridgehead atoms. The van der Waals surface area contributed by atoms with Gasteiger partial charge in [0.15, 0.2) is 0 Å². The van der Waals surface area contributed by atoms with Crippen LogP contribution in [0.2, 0.25) is 0 Å². The fraction of sp³-hybridized carbons (Fsp3) is 0.931. The molecule has 6 heteroatoms. The van der Waals surface area contributed by atoms with Gasteiger partial charge < -0.3 is 16.6 Å². The molecule has 0 fully saturated rings. The molecule has 0 spiro atoms. The molecule has 0 heterocycles. The van der Waals surface area contributed by atoms with Crippen LogP contribution in [0.1, 0.15) is 157 Å². The minimum Gasteiger partial charge on any atom is -1.00 e. The van der Waals surface area contributed by atoms with E-state index in [1.54, 1.807) is 0 Å². The van der Waals surface area contributed by atoms with Crippen molar-refractivity contribution in [3.8, 4) is 0 Å². The first-order valence-electron chi connectivity index (χ1n) is 14.7. The van der Waals surface area contributed by atoms with Crippen LogP contribution in [0.25, 0.3) is 0 Å². The van der Waals surface area contributed by atoms with Crippen LogP contribution in [-0.4, -0.2) is 31.2 Å². The van der Waals surface area contributed by atoms with Gasteiger partial charge in [-0.3, -0.25) is 9.59 Å². The van der Waals surface area contributed by atoms with Gasteiger partial charge in [-0.1, -0.05) is 129 Å². The zero-order valence-electron chi connectivity index (χ0n) is 24.8. The number of esters is 2. The molecule has 0 aromatic carbocycles. The topological polar surface area (TPSA) is 78.6 Å². The zero-order valence-corrected chi connectivity index (χ0v) is 25.8. The predicted molar refractivity (Wildman–Crippen MR) is 144 cm³/mol.